The number of hydrogen-bond acceptors (Lipinski definition) is 5. The van der Waals surface area contributed by atoms with Gasteiger partial charge >= 0.3 is 5.69 Å². The van der Waals surface area contributed by atoms with E-state index >= 15 is 0 Å². The van der Waals surface area contributed by atoms with Crippen molar-refractivity contribution in [2.75, 3.05) is 18.0 Å². The van der Waals surface area contributed by atoms with E-state index in [2.05, 4.69) is 10.4 Å². The number of carbonyl (C=O) groups is 1. The molecule has 1 saturated carbocycles. The van der Waals surface area contributed by atoms with Crippen molar-refractivity contribution >= 4 is 11.7 Å². The highest BCUT2D eigenvalue weighted by Gasteiger charge is 2.53. The molecule has 1 aliphatic carbocycles. The van der Waals surface area contributed by atoms with Gasteiger partial charge in [0.05, 0.1) is 0 Å². The molecule has 1 saturated heterocycles. The third-order valence-corrected chi connectivity index (χ3v) is 5.44. The first-order valence-electron chi connectivity index (χ1n) is 8.75. The lowest BCUT2D eigenvalue weighted by Gasteiger charge is -2.23. The highest BCUT2D eigenvalue weighted by molar-refractivity contribution is 5.87. The van der Waals surface area contributed by atoms with Crippen LogP contribution >= 0.6 is 0 Å². The van der Waals surface area contributed by atoms with Crippen LogP contribution in [0.1, 0.15) is 19.3 Å². The Labute approximate surface area is 149 Å². The van der Waals surface area contributed by atoms with Gasteiger partial charge < -0.3 is 10.2 Å². The van der Waals surface area contributed by atoms with Crippen molar-refractivity contribution in [3.63, 3.8) is 0 Å². The van der Waals surface area contributed by atoms with Crippen LogP contribution in [0.5, 0.6) is 0 Å². The number of aromatic nitrogens is 4. The molecule has 9 heteroatoms. The van der Waals surface area contributed by atoms with Crippen molar-refractivity contribution < 1.29 is 4.79 Å². The Morgan fingerprint density at radius 1 is 1.27 bits per heavy atom. The van der Waals surface area contributed by atoms with Gasteiger partial charge in [-0.25, -0.2) is 4.79 Å². The maximum atomic E-state index is 12.7. The summed E-state index contributed by atoms with van der Waals surface area (Å²) in [5.74, 6) is 0.578. The summed E-state index contributed by atoms with van der Waals surface area (Å²) in [5, 5.41) is 7.34. The van der Waals surface area contributed by atoms with Gasteiger partial charge in [-0.15, -0.1) is 0 Å². The molecule has 1 atom stereocenters. The molecule has 1 aliphatic heterocycles. The summed E-state index contributed by atoms with van der Waals surface area (Å²) in [6.07, 6.45) is 5.86. The lowest BCUT2D eigenvalue weighted by atomic mass is 10.2. The van der Waals surface area contributed by atoms with E-state index in [1.165, 1.54) is 17.7 Å². The number of anilines is 1. The Morgan fingerprint density at radius 3 is 2.69 bits per heavy atom. The molecule has 2 aromatic heterocycles. The molecule has 3 heterocycles. The monoisotopic (exact) mass is 358 g/mol. The van der Waals surface area contributed by atoms with Gasteiger partial charge in [0.15, 0.2) is 0 Å². The molecule has 0 bridgehead atoms. The SMILES string of the molecule is Cn1c(N2CC[C@@H](NC(=O)C3(n4cccn4)CC3)C2)cc(=O)n(C)c1=O. The van der Waals surface area contributed by atoms with Crippen LogP contribution in [-0.4, -0.2) is 44.0 Å². The van der Waals surface area contributed by atoms with Crippen LogP contribution in [0, 0.1) is 0 Å². The Balaban J connectivity index is 1.48. The summed E-state index contributed by atoms with van der Waals surface area (Å²) in [6, 6.07) is 3.27. The highest BCUT2D eigenvalue weighted by Crippen LogP contribution is 2.43. The zero-order chi connectivity index (χ0) is 18.5. The molecular formula is C17H22N6O3. The van der Waals surface area contributed by atoms with Crippen molar-refractivity contribution in [1.82, 2.24) is 24.2 Å². The second kappa shape index (κ2) is 5.86. The number of amides is 1. The van der Waals surface area contributed by atoms with Gasteiger partial charge in [0.25, 0.3) is 5.56 Å². The van der Waals surface area contributed by atoms with E-state index < -0.39 is 5.54 Å². The first-order valence-corrected chi connectivity index (χ1v) is 8.75. The fourth-order valence-corrected chi connectivity index (χ4v) is 3.63. The van der Waals surface area contributed by atoms with Crippen LogP contribution < -0.4 is 21.5 Å². The molecule has 9 nitrogen and oxygen atoms in total. The molecule has 0 radical (unpaired) electrons. The van der Waals surface area contributed by atoms with Crippen LogP contribution in [0.4, 0.5) is 5.82 Å². The number of carbonyl (C=O) groups excluding carboxylic acids is 1. The number of rotatable bonds is 4. The molecule has 138 valence electrons. The molecule has 2 aromatic rings. The van der Waals surface area contributed by atoms with E-state index in [0.717, 1.165) is 23.8 Å². The molecule has 2 fully saturated rings. The van der Waals surface area contributed by atoms with Gasteiger partial charge in [-0.3, -0.25) is 23.4 Å². The van der Waals surface area contributed by atoms with E-state index in [-0.39, 0.29) is 23.2 Å². The largest absolute Gasteiger partial charge is 0.356 e. The van der Waals surface area contributed by atoms with Crippen LogP contribution in [0.25, 0.3) is 0 Å². The molecule has 1 amide bonds. The maximum absolute atomic E-state index is 12.7. The van der Waals surface area contributed by atoms with Crippen molar-refractivity contribution in [2.24, 2.45) is 14.1 Å². The number of nitrogens with zero attached hydrogens (tertiary/aromatic N) is 5. The van der Waals surface area contributed by atoms with Gasteiger partial charge in [0.1, 0.15) is 11.4 Å². The average molecular weight is 358 g/mol. The smallest absolute Gasteiger partial charge is 0.332 e. The van der Waals surface area contributed by atoms with E-state index in [0.29, 0.717) is 18.9 Å². The molecule has 2 aliphatic rings. The normalized spacial score (nSPS) is 21.0. The van der Waals surface area contributed by atoms with E-state index in [1.54, 1.807) is 17.9 Å². The zero-order valence-electron chi connectivity index (χ0n) is 14.9. The Hall–Kier alpha value is -2.84. The van der Waals surface area contributed by atoms with Crippen LogP contribution in [0.2, 0.25) is 0 Å². The van der Waals surface area contributed by atoms with Crippen molar-refractivity contribution in [2.45, 2.75) is 30.8 Å². The van der Waals surface area contributed by atoms with Crippen molar-refractivity contribution in [3.05, 3.63) is 45.4 Å². The minimum absolute atomic E-state index is 0.00841. The van der Waals surface area contributed by atoms with Gasteiger partial charge in [0, 0.05) is 51.7 Å². The standard InChI is InChI=1S/C17H22N6O3/c1-20-13(10-14(24)21(2)16(20)26)22-9-4-12(11-22)19-15(25)17(5-6-17)23-8-3-7-18-23/h3,7-8,10,12H,4-6,9,11H2,1-2H3,(H,19,25)/t12-/m1/s1. The molecule has 1 N–H and O–H groups in total. The summed E-state index contributed by atoms with van der Waals surface area (Å²) in [5.41, 5.74) is -1.23. The average Bonchev–Trinajstić information content (AvgIpc) is 3.04. The van der Waals surface area contributed by atoms with Crippen LogP contribution in [0.15, 0.2) is 34.1 Å². The van der Waals surface area contributed by atoms with Gasteiger partial charge in [-0.05, 0) is 25.3 Å². The topological polar surface area (TPSA) is 94.2 Å². The second-order valence-corrected chi connectivity index (χ2v) is 7.13. The predicted molar refractivity (Wildman–Crippen MR) is 95.1 cm³/mol. The second-order valence-electron chi connectivity index (χ2n) is 7.13. The lowest BCUT2D eigenvalue weighted by Crippen LogP contribution is -2.46. The molecular weight excluding hydrogens is 336 g/mol. The molecule has 0 spiro atoms. The molecule has 26 heavy (non-hydrogen) atoms. The predicted octanol–water partition coefficient (Wildman–Crippen LogP) is -0.835. The van der Waals surface area contributed by atoms with E-state index in [4.69, 9.17) is 0 Å². The van der Waals surface area contributed by atoms with Gasteiger partial charge in [-0.1, -0.05) is 0 Å². The van der Waals surface area contributed by atoms with Crippen molar-refractivity contribution in [1.29, 1.82) is 0 Å². The van der Waals surface area contributed by atoms with E-state index in [9.17, 15) is 14.4 Å². The van der Waals surface area contributed by atoms with E-state index in [1.807, 2.05) is 17.2 Å². The van der Waals surface area contributed by atoms with Gasteiger partial charge in [0.2, 0.25) is 5.91 Å². The third kappa shape index (κ3) is 2.54. The summed E-state index contributed by atoms with van der Waals surface area (Å²) in [7, 11) is 3.12. The maximum Gasteiger partial charge on any atom is 0.332 e. The number of nitrogens with one attached hydrogen (secondary N) is 1. The van der Waals surface area contributed by atoms with Crippen LogP contribution in [0.3, 0.4) is 0 Å². The molecule has 0 unspecified atom stereocenters. The number of hydrogen-bond donors (Lipinski definition) is 1. The first kappa shape index (κ1) is 16.6. The lowest BCUT2D eigenvalue weighted by molar-refractivity contribution is -0.126. The summed E-state index contributed by atoms with van der Waals surface area (Å²) in [6.45, 7) is 1.25. The minimum Gasteiger partial charge on any atom is -0.356 e. The minimum atomic E-state index is -0.549. The Morgan fingerprint density at radius 2 is 2.04 bits per heavy atom. The Kier molecular flexibility index (Phi) is 3.74. The Bertz CT molecular complexity index is 954. The fraction of sp³-hybridized carbons (Fsp3) is 0.529. The summed E-state index contributed by atoms with van der Waals surface area (Å²) in [4.78, 5) is 38.8. The van der Waals surface area contributed by atoms with Crippen LogP contribution in [-0.2, 0) is 24.4 Å². The van der Waals surface area contributed by atoms with Gasteiger partial charge in [-0.2, -0.15) is 5.10 Å². The van der Waals surface area contributed by atoms with Crippen molar-refractivity contribution in [3.8, 4) is 0 Å². The highest BCUT2D eigenvalue weighted by atomic mass is 16.2. The quantitative estimate of drug-likeness (QED) is 0.770. The fourth-order valence-electron chi connectivity index (χ4n) is 3.63. The zero-order valence-corrected chi connectivity index (χ0v) is 14.9. The molecule has 4 rings (SSSR count). The summed E-state index contributed by atoms with van der Waals surface area (Å²) < 4.78 is 4.29. The summed E-state index contributed by atoms with van der Waals surface area (Å²) >= 11 is 0. The first-order chi connectivity index (χ1) is 12.4. The molecule has 0 aromatic carbocycles. The third-order valence-electron chi connectivity index (χ3n) is 5.44.